The highest BCUT2D eigenvalue weighted by molar-refractivity contribution is 7.89. The molecule has 27 heavy (non-hydrogen) atoms. The minimum atomic E-state index is -3.53. The van der Waals surface area contributed by atoms with Crippen LogP contribution >= 0.6 is 0 Å². The number of sulfonamides is 1. The molecule has 2 aromatic rings. The van der Waals surface area contributed by atoms with Gasteiger partial charge >= 0.3 is 0 Å². The first-order valence-electron chi connectivity index (χ1n) is 8.86. The van der Waals surface area contributed by atoms with Crippen molar-refractivity contribution in [1.82, 2.24) is 14.9 Å². The van der Waals surface area contributed by atoms with Gasteiger partial charge in [-0.25, -0.2) is 18.1 Å². The molecule has 0 aliphatic heterocycles. The second kappa shape index (κ2) is 9.53. The molecule has 0 saturated heterocycles. The standard InChI is InChI=1S/C20H28N4O2S/c1-16-10-11-17(2)19(14-16)27(25,26)23-13-12-21-20(24(3)4)22-15-18-8-6-5-7-9-18/h5-11,14,23H,12-13,15H2,1-4H3,(H,21,22). The van der Waals surface area contributed by atoms with Crippen LogP contribution in [0.5, 0.6) is 0 Å². The molecule has 0 atom stereocenters. The first kappa shape index (κ1) is 20.9. The van der Waals surface area contributed by atoms with Gasteiger partial charge in [0.05, 0.1) is 11.4 Å². The van der Waals surface area contributed by atoms with Gasteiger partial charge in [-0.15, -0.1) is 0 Å². The predicted molar refractivity (Wildman–Crippen MR) is 110 cm³/mol. The van der Waals surface area contributed by atoms with Crippen molar-refractivity contribution in [2.75, 3.05) is 27.2 Å². The third-order valence-corrected chi connectivity index (χ3v) is 5.61. The van der Waals surface area contributed by atoms with Crippen LogP contribution in [0.15, 0.2) is 58.4 Å². The summed E-state index contributed by atoms with van der Waals surface area (Å²) in [5, 5.41) is 3.19. The van der Waals surface area contributed by atoms with Crippen molar-refractivity contribution < 1.29 is 8.42 Å². The summed E-state index contributed by atoms with van der Waals surface area (Å²) in [5.74, 6) is 0.713. The fourth-order valence-corrected chi connectivity index (χ4v) is 3.90. The molecule has 6 nitrogen and oxygen atoms in total. The van der Waals surface area contributed by atoms with E-state index in [4.69, 9.17) is 0 Å². The molecule has 0 bridgehead atoms. The van der Waals surface area contributed by atoms with Crippen LogP contribution < -0.4 is 10.0 Å². The summed E-state index contributed by atoms with van der Waals surface area (Å²) in [5.41, 5.74) is 2.77. The number of guanidine groups is 1. The lowest BCUT2D eigenvalue weighted by Crippen LogP contribution is -2.41. The minimum Gasteiger partial charge on any atom is -0.355 e. The number of aryl methyl sites for hydroxylation is 2. The number of rotatable bonds is 7. The van der Waals surface area contributed by atoms with Crippen LogP contribution in [0.4, 0.5) is 0 Å². The molecule has 2 N–H and O–H groups in total. The van der Waals surface area contributed by atoms with Crippen molar-refractivity contribution >= 4 is 16.0 Å². The van der Waals surface area contributed by atoms with E-state index in [1.807, 2.05) is 68.4 Å². The van der Waals surface area contributed by atoms with E-state index in [9.17, 15) is 8.42 Å². The van der Waals surface area contributed by atoms with Crippen molar-refractivity contribution in [2.24, 2.45) is 4.99 Å². The van der Waals surface area contributed by atoms with Gasteiger partial charge in [0, 0.05) is 27.2 Å². The van der Waals surface area contributed by atoms with E-state index in [1.54, 1.807) is 13.0 Å². The van der Waals surface area contributed by atoms with Crippen LogP contribution in [-0.2, 0) is 16.6 Å². The predicted octanol–water partition coefficient (Wildman–Crippen LogP) is 2.29. The van der Waals surface area contributed by atoms with Gasteiger partial charge in [0.15, 0.2) is 5.96 Å². The Bertz CT molecular complexity index is 878. The second-order valence-electron chi connectivity index (χ2n) is 6.61. The number of benzene rings is 2. The van der Waals surface area contributed by atoms with Gasteiger partial charge in [0.1, 0.15) is 0 Å². The van der Waals surface area contributed by atoms with E-state index in [0.717, 1.165) is 16.7 Å². The lowest BCUT2D eigenvalue weighted by atomic mass is 10.2. The fraction of sp³-hybridized carbons (Fsp3) is 0.350. The highest BCUT2D eigenvalue weighted by Crippen LogP contribution is 2.16. The smallest absolute Gasteiger partial charge is 0.240 e. The maximum Gasteiger partial charge on any atom is 0.240 e. The molecule has 0 heterocycles. The molecule has 0 radical (unpaired) electrons. The van der Waals surface area contributed by atoms with Crippen LogP contribution in [0.25, 0.3) is 0 Å². The first-order valence-corrected chi connectivity index (χ1v) is 10.3. The van der Waals surface area contributed by atoms with Crippen molar-refractivity contribution in [3.63, 3.8) is 0 Å². The van der Waals surface area contributed by atoms with Crippen LogP contribution in [0.2, 0.25) is 0 Å². The number of nitrogens with one attached hydrogen (secondary N) is 2. The molecule has 0 unspecified atom stereocenters. The highest BCUT2D eigenvalue weighted by atomic mass is 32.2. The normalized spacial score (nSPS) is 12.1. The molecule has 0 spiro atoms. The molecule has 0 fully saturated rings. The van der Waals surface area contributed by atoms with Crippen LogP contribution in [0.1, 0.15) is 16.7 Å². The molecule has 0 aromatic heterocycles. The lowest BCUT2D eigenvalue weighted by Gasteiger charge is -2.18. The maximum absolute atomic E-state index is 12.5. The summed E-state index contributed by atoms with van der Waals surface area (Å²) < 4.78 is 27.7. The number of hydrogen-bond acceptors (Lipinski definition) is 3. The topological polar surface area (TPSA) is 73.8 Å². The third-order valence-electron chi connectivity index (χ3n) is 4.01. The zero-order chi connectivity index (χ0) is 19.9. The highest BCUT2D eigenvalue weighted by Gasteiger charge is 2.16. The Morgan fingerprint density at radius 3 is 2.41 bits per heavy atom. The van der Waals surface area contributed by atoms with E-state index >= 15 is 0 Å². The molecule has 2 rings (SSSR count). The van der Waals surface area contributed by atoms with Crippen molar-refractivity contribution in [3.05, 3.63) is 65.2 Å². The Kier molecular flexibility index (Phi) is 7.38. The maximum atomic E-state index is 12.5. The quantitative estimate of drug-likeness (QED) is 0.434. The third kappa shape index (κ3) is 6.37. The summed E-state index contributed by atoms with van der Waals surface area (Å²) in [6.07, 6.45) is 0. The zero-order valence-corrected chi connectivity index (χ0v) is 17.2. The van der Waals surface area contributed by atoms with E-state index in [-0.39, 0.29) is 6.54 Å². The van der Waals surface area contributed by atoms with E-state index in [2.05, 4.69) is 15.0 Å². The van der Waals surface area contributed by atoms with Crippen molar-refractivity contribution in [2.45, 2.75) is 25.3 Å². The molecule has 7 heteroatoms. The van der Waals surface area contributed by atoms with Gasteiger partial charge < -0.3 is 10.2 Å². The first-order chi connectivity index (χ1) is 12.8. The Balaban J connectivity index is 1.92. The molecule has 0 aliphatic carbocycles. The number of hydrogen-bond donors (Lipinski definition) is 2. The largest absolute Gasteiger partial charge is 0.355 e. The molecular formula is C20H28N4O2S. The van der Waals surface area contributed by atoms with E-state index in [1.165, 1.54) is 0 Å². The Hall–Kier alpha value is -2.38. The van der Waals surface area contributed by atoms with Crippen LogP contribution in [0, 0.1) is 13.8 Å². The summed E-state index contributed by atoms with van der Waals surface area (Å²) in [6, 6.07) is 15.4. The van der Waals surface area contributed by atoms with Gasteiger partial charge in [0.25, 0.3) is 0 Å². The van der Waals surface area contributed by atoms with E-state index < -0.39 is 10.0 Å². The minimum absolute atomic E-state index is 0.272. The van der Waals surface area contributed by atoms with Gasteiger partial charge in [-0.05, 0) is 36.6 Å². The van der Waals surface area contributed by atoms with Gasteiger partial charge in [-0.3, -0.25) is 0 Å². The molecule has 2 aromatic carbocycles. The van der Waals surface area contributed by atoms with Gasteiger partial charge in [0.2, 0.25) is 10.0 Å². The van der Waals surface area contributed by atoms with Crippen LogP contribution in [0.3, 0.4) is 0 Å². The molecular weight excluding hydrogens is 360 g/mol. The summed E-state index contributed by atoms with van der Waals surface area (Å²) in [4.78, 5) is 6.77. The van der Waals surface area contributed by atoms with Gasteiger partial charge in [-0.2, -0.15) is 0 Å². The van der Waals surface area contributed by atoms with Crippen LogP contribution in [-0.4, -0.2) is 46.5 Å². The number of aliphatic imine (C=N–C) groups is 1. The fourth-order valence-electron chi connectivity index (χ4n) is 2.54. The van der Waals surface area contributed by atoms with E-state index in [0.29, 0.717) is 23.9 Å². The molecule has 0 amide bonds. The molecule has 0 aliphatic rings. The lowest BCUT2D eigenvalue weighted by molar-refractivity contribution is 0.567. The second-order valence-corrected chi connectivity index (χ2v) is 8.35. The Labute approximate surface area is 162 Å². The monoisotopic (exact) mass is 388 g/mol. The average Bonchev–Trinajstić information content (AvgIpc) is 2.63. The molecule has 146 valence electrons. The Morgan fingerprint density at radius 2 is 1.74 bits per heavy atom. The Morgan fingerprint density at radius 1 is 1.04 bits per heavy atom. The zero-order valence-electron chi connectivity index (χ0n) is 16.4. The summed E-state index contributed by atoms with van der Waals surface area (Å²) >= 11 is 0. The average molecular weight is 389 g/mol. The SMILES string of the molecule is Cc1ccc(C)c(S(=O)(=O)NCCNC(=NCc2ccccc2)N(C)C)c1. The summed E-state index contributed by atoms with van der Waals surface area (Å²) in [6.45, 7) is 4.96. The summed E-state index contributed by atoms with van der Waals surface area (Å²) in [7, 11) is 0.269. The van der Waals surface area contributed by atoms with Crippen molar-refractivity contribution in [1.29, 1.82) is 0 Å². The number of nitrogens with zero attached hydrogens (tertiary/aromatic N) is 2. The molecule has 0 saturated carbocycles. The van der Waals surface area contributed by atoms with Crippen molar-refractivity contribution in [3.8, 4) is 0 Å². The van der Waals surface area contributed by atoms with Gasteiger partial charge in [-0.1, -0.05) is 42.5 Å².